The lowest BCUT2D eigenvalue weighted by Crippen LogP contribution is -2.32. The Morgan fingerprint density at radius 2 is 1.66 bits per heavy atom. The van der Waals surface area contributed by atoms with Gasteiger partial charge >= 0.3 is 11.8 Å². The zero-order valence-electron chi connectivity index (χ0n) is 23.4. The van der Waals surface area contributed by atoms with Crippen LogP contribution in [0.1, 0.15) is 36.5 Å². The topological polar surface area (TPSA) is 127 Å². The van der Waals surface area contributed by atoms with E-state index in [0.29, 0.717) is 38.7 Å². The molecule has 3 aromatic carbocycles. The van der Waals surface area contributed by atoms with Crippen LogP contribution in [0.4, 0.5) is 11.4 Å². The van der Waals surface area contributed by atoms with Gasteiger partial charge in [0.1, 0.15) is 5.75 Å². The van der Waals surface area contributed by atoms with Crippen LogP contribution >= 0.6 is 22.6 Å². The molecule has 10 nitrogen and oxygen atoms in total. The van der Waals surface area contributed by atoms with Crippen LogP contribution in [-0.4, -0.2) is 44.3 Å². The summed E-state index contributed by atoms with van der Waals surface area (Å²) in [6.07, 6.45) is 3.36. The second-order valence-electron chi connectivity index (χ2n) is 9.02. The molecule has 0 saturated carbocycles. The number of halogens is 1. The van der Waals surface area contributed by atoms with E-state index in [1.165, 1.54) is 13.3 Å². The fraction of sp³-hybridized carbons (Fsp3) is 0.267. The number of rotatable bonds is 12. The Morgan fingerprint density at radius 1 is 0.951 bits per heavy atom. The minimum Gasteiger partial charge on any atom is -0.494 e. The third-order valence-corrected chi connectivity index (χ3v) is 6.61. The second kappa shape index (κ2) is 15.6. The first kappa shape index (κ1) is 31.4. The van der Waals surface area contributed by atoms with Crippen LogP contribution < -0.4 is 30.3 Å². The van der Waals surface area contributed by atoms with Gasteiger partial charge in [0.15, 0.2) is 18.1 Å². The summed E-state index contributed by atoms with van der Waals surface area (Å²) in [7, 11) is 1.48. The molecule has 3 rings (SSSR count). The normalized spacial score (nSPS) is 10.7. The van der Waals surface area contributed by atoms with Crippen LogP contribution in [-0.2, 0) is 14.4 Å². The summed E-state index contributed by atoms with van der Waals surface area (Å²) in [6.45, 7) is 6.34. The van der Waals surface area contributed by atoms with E-state index in [4.69, 9.17) is 14.2 Å². The minimum absolute atomic E-state index is 0.215. The number of carbonyl (C=O) groups is 3. The third-order valence-electron chi connectivity index (χ3n) is 5.81. The summed E-state index contributed by atoms with van der Waals surface area (Å²) in [5, 5.41) is 9.27. The maximum Gasteiger partial charge on any atom is 0.329 e. The van der Waals surface area contributed by atoms with Gasteiger partial charge in [-0.1, -0.05) is 31.5 Å². The van der Waals surface area contributed by atoms with Gasteiger partial charge in [0.25, 0.3) is 5.91 Å². The van der Waals surface area contributed by atoms with E-state index in [-0.39, 0.29) is 12.5 Å². The fourth-order valence-corrected chi connectivity index (χ4v) is 4.43. The van der Waals surface area contributed by atoms with Crippen molar-refractivity contribution in [3.05, 3.63) is 74.9 Å². The van der Waals surface area contributed by atoms with E-state index >= 15 is 0 Å². The van der Waals surface area contributed by atoms with Crippen LogP contribution in [0.3, 0.4) is 0 Å². The number of hydrazone groups is 1. The molecule has 41 heavy (non-hydrogen) atoms. The number of hydrogen-bond donors (Lipinski definition) is 3. The molecule has 0 heterocycles. The van der Waals surface area contributed by atoms with E-state index < -0.39 is 11.8 Å². The van der Waals surface area contributed by atoms with Crippen molar-refractivity contribution in [2.75, 3.05) is 31.0 Å². The first-order chi connectivity index (χ1) is 19.7. The van der Waals surface area contributed by atoms with E-state index in [2.05, 4.69) is 50.7 Å². The number of benzene rings is 3. The highest BCUT2D eigenvalue weighted by Gasteiger charge is 2.15. The Labute approximate surface area is 253 Å². The summed E-state index contributed by atoms with van der Waals surface area (Å²) in [5.41, 5.74) is 5.92. The molecule has 0 bridgehead atoms. The zero-order valence-corrected chi connectivity index (χ0v) is 25.5. The number of carbonyl (C=O) groups excluding carboxylic acids is 3. The lowest BCUT2D eigenvalue weighted by Gasteiger charge is -2.15. The SMILES string of the molecule is CCCCOc1ccc(NC(=O)C(=O)N/N=C\c2cc(I)c(OCC(=O)Nc3c(C)cccc3C)c(OC)c2)cc1. The third kappa shape index (κ3) is 9.48. The van der Waals surface area contributed by atoms with Gasteiger partial charge in [-0.15, -0.1) is 0 Å². The molecule has 216 valence electrons. The molecular formula is C30H33IN4O6. The smallest absolute Gasteiger partial charge is 0.329 e. The van der Waals surface area contributed by atoms with Crippen LogP contribution in [0.2, 0.25) is 0 Å². The molecule has 3 N–H and O–H groups in total. The second-order valence-corrected chi connectivity index (χ2v) is 10.2. The largest absolute Gasteiger partial charge is 0.494 e. The summed E-state index contributed by atoms with van der Waals surface area (Å²) in [4.78, 5) is 37.0. The number of aryl methyl sites for hydroxylation is 2. The number of nitrogens with zero attached hydrogens (tertiary/aromatic N) is 1. The summed E-state index contributed by atoms with van der Waals surface area (Å²) < 4.78 is 17.5. The van der Waals surface area contributed by atoms with Gasteiger partial charge in [-0.3, -0.25) is 14.4 Å². The molecule has 0 saturated heterocycles. The first-order valence-corrected chi connectivity index (χ1v) is 14.0. The monoisotopic (exact) mass is 672 g/mol. The highest BCUT2D eigenvalue weighted by Crippen LogP contribution is 2.33. The maximum atomic E-state index is 12.5. The lowest BCUT2D eigenvalue weighted by molar-refractivity contribution is -0.136. The van der Waals surface area contributed by atoms with E-state index in [0.717, 1.165) is 29.7 Å². The van der Waals surface area contributed by atoms with Crippen molar-refractivity contribution in [2.45, 2.75) is 33.6 Å². The molecule has 0 aliphatic carbocycles. The van der Waals surface area contributed by atoms with E-state index in [1.54, 1.807) is 36.4 Å². The Balaban J connectivity index is 1.54. The van der Waals surface area contributed by atoms with Crippen LogP contribution in [0.15, 0.2) is 59.7 Å². The number of para-hydroxylation sites is 1. The van der Waals surface area contributed by atoms with Crippen molar-refractivity contribution in [1.29, 1.82) is 0 Å². The molecule has 3 aromatic rings. The summed E-state index contributed by atoms with van der Waals surface area (Å²) in [6, 6.07) is 15.9. The van der Waals surface area contributed by atoms with Gasteiger partial charge in [-0.25, -0.2) is 5.43 Å². The number of amides is 3. The number of ether oxygens (including phenoxy) is 3. The summed E-state index contributed by atoms with van der Waals surface area (Å²) >= 11 is 2.06. The molecule has 3 amide bonds. The summed E-state index contributed by atoms with van der Waals surface area (Å²) in [5.74, 6) is -0.634. The molecular weight excluding hydrogens is 639 g/mol. The number of unbranched alkanes of at least 4 members (excludes halogenated alkanes) is 1. The maximum absolute atomic E-state index is 12.5. The molecule has 0 unspecified atom stereocenters. The molecule has 0 radical (unpaired) electrons. The lowest BCUT2D eigenvalue weighted by atomic mass is 10.1. The first-order valence-electron chi connectivity index (χ1n) is 13.0. The van der Waals surface area contributed by atoms with Crippen LogP contribution in [0.5, 0.6) is 17.2 Å². The highest BCUT2D eigenvalue weighted by atomic mass is 127. The number of nitrogens with one attached hydrogen (secondary N) is 3. The van der Waals surface area contributed by atoms with Gasteiger partial charge in [0, 0.05) is 11.4 Å². The molecule has 0 atom stereocenters. The van der Waals surface area contributed by atoms with Crippen molar-refractivity contribution >= 4 is 57.9 Å². The Bertz CT molecular complexity index is 1390. The van der Waals surface area contributed by atoms with Crippen molar-refractivity contribution in [1.82, 2.24) is 5.43 Å². The standard InChI is InChI=1S/C30H33IN4O6/c1-5-6-14-40-23-12-10-22(11-13-23)33-29(37)30(38)35-32-17-21-15-24(31)28(25(16-21)39-4)41-18-26(36)34-27-19(2)8-7-9-20(27)3/h7-13,15-17H,5-6,14,18H2,1-4H3,(H,33,37)(H,34,36)(H,35,38)/b32-17-. The molecule has 11 heteroatoms. The average Bonchev–Trinajstić information content (AvgIpc) is 2.95. The van der Waals surface area contributed by atoms with E-state index in [9.17, 15) is 14.4 Å². The van der Waals surface area contributed by atoms with Crippen LogP contribution in [0, 0.1) is 17.4 Å². The number of anilines is 2. The predicted octanol–water partition coefficient (Wildman–Crippen LogP) is 5.20. The Hall–Kier alpha value is -4.13. The van der Waals surface area contributed by atoms with Gasteiger partial charge in [0.05, 0.1) is 23.5 Å². The molecule has 0 spiro atoms. The number of methoxy groups -OCH3 is 1. The zero-order chi connectivity index (χ0) is 29.8. The van der Waals surface area contributed by atoms with Crippen molar-refractivity contribution in [3.8, 4) is 17.2 Å². The Kier molecular flexibility index (Phi) is 11.9. The quantitative estimate of drug-likeness (QED) is 0.0799. The Morgan fingerprint density at radius 3 is 2.32 bits per heavy atom. The molecule has 0 aliphatic heterocycles. The van der Waals surface area contributed by atoms with E-state index in [1.807, 2.05) is 32.0 Å². The van der Waals surface area contributed by atoms with Crippen molar-refractivity contribution in [2.24, 2.45) is 5.10 Å². The van der Waals surface area contributed by atoms with Crippen LogP contribution in [0.25, 0.3) is 0 Å². The average molecular weight is 673 g/mol. The fourth-order valence-electron chi connectivity index (χ4n) is 3.65. The van der Waals surface area contributed by atoms with Crippen molar-refractivity contribution < 1.29 is 28.6 Å². The molecule has 0 aromatic heterocycles. The van der Waals surface area contributed by atoms with Crippen molar-refractivity contribution in [3.63, 3.8) is 0 Å². The van der Waals surface area contributed by atoms with Gasteiger partial charge in [-0.05, 0) is 95.9 Å². The molecule has 0 aliphatic rings. The number of hydrogen-bond acceptors (Lipinski definition) is 7. The van der Waals surface area contributed by atoms with Gasteiger partial charge in [-0.2, -0.15) is 5.10 Å². The van der Waals surface area contributed by atoms with Gasteiger partial charge in [0.2, 0.25) is 0 Å². The molecule has 0 fully saturated rings. The highest BCUT2D eigenvalue weighted by molar-refractivity contribution is 14.1. The predicted molar refractivity (Wildman–Crippen MR) is 167 cm³/mol. The minimum atomic E-state index is -0.930. The van der Waals surface area contributed by atoms with Gasteiger partial charge < -0.3 is 24.8 Å².